The van der Waals surface area contributed by atoms with Crippen LogP contribution in [-0.4, -0.2) is 53.8 Å². The van der Waals surface area contributed by atoms with E-state index >= 15 is 0 Å². The molecule has 1 fully saturated rings. The Labute approximate surface area is 142 Å². The van der Waals surface area contributed by atoms with Crippen molar-refractivity contribution in [3.05, 3.63) is 35.4 Å². The lowest BCUT2D eigenvalue weighted by Gasteiger charge is -2.13. The van der Waals surface area contributed by atoms with E-state index in [0.29, 0.717) is 0 Å². The predicted octanol–water partition coefficient (Wildman–Crippen LogP) is -0.186. The molecule has 1 aliphatic heterocycles. The molecule has 130 valence electrons. The number of hydrogen-bond donors (Lipinski definition) is 2. The van der Waals surface area contributed by atoms with Crippen molar-refractivity contribution in [1.82, 2.24) is 15.5 Å². The molecule has 1 saturated carbocycles. The molecule has 2 N–H and O–H groups in total. The second-order valence-corrected chi connectivity index (χ2v) is 5.70. The highest BCUT2D eigenvalue weighted by Crippen LogP contribution is 2.22. The molecule has 1 heterocycles. The quantitative estimate of drug-likeness (QED) is 0.564. The molecule has 9 nitrogen and oxygen atoms in total. The number of ether oxygens (including phenoxy) is 1. The van der Waals surface area contributed by atoms with Crippen molar-refractivity contribution in [2.45, 2.75) is 18.9 Å². The van der Waals surface area contributed by atoms with E-state index < -0.39 is 42.9 Å². The highest BCUT2D eigenvalue weighted by Gasteiger charge is 2.36. The van der Waals surface area contributed by atoms with Crippen molar-refractivity contribution in [1.29, 1.82) is 0 Å². The van der Waals surface area contributed by atoms with Crippen molar-refractivity contribution in [2.75, 3.05) is 13.2 Å². The highest BCUT2D eigenvalue weighted by molar-refractivity contribution is 6.22. The number of nitrogens with zero attached hydrogens (tertiary/aromatic N) is 1. The van der Waals surface area contributed by atoms with Gasteiger partial charge in [-0.05, 0) is 25.0 Å². The number of carbonyl (C=O) groups is 5. The van der Waals surface area contributed by atoms with Crippen LogP contribution in [0.15, 0.2) is 24.3 Å². The fourth-order valence-corrected chi connectivity index (χ4v) is 2.32. The Morgan fingerprint density at radius 3 is 2.24 bits per heavy atom. The van der Waals surface area contributed by atoms with E-state index in [-0.39, 0.29) is 17.2 Å². The Bertz CT molecular complexity index is 736. The van der Waals surface area contributed by atoms with E-state index in [1.165, 1.54) is 12.1 Å². The maximum atomic E-state index is 12.1. The first kappa shape index (κ1) is 16.6. The van der Waals surface area contributed by atoms with Crippen molar-refractivity contribution in [2.24, 2.45) is 0 Å². The molecule has 0 atom stereocenters. The van der Waals surface area contributed by atoms with Crippen LogP contribution in [0, 0.1) is 0 Å². The van der Waals surface area contributed by atoms with Crippen molar-refractivity contribution >= 4 is 29.7 Å². The summed E-state index contributed by atoms with van der Waals surface area (Å²) in [4.78, 5) is 59.6. The zero-order chi connectivity index (χ0) is 18.0. The van der Waals surface area contributed by atoms with Gasteiger partial charge in [0.05, 0.1) is 11.1 Å². The largest absolute Gasteiger partial charge is 0.454 e. The normalized spacial score (nSPS) is 15.6. The summed E-state index contributed by atoms with van der Waals surface area (Å²) in [5.74, 6) is -2.90. The highest BCUT2D eigenvalue weighted by atomic mass is 16.5. The summed E-state index contributed by atoms with van der Waals surface area (Å²) >= 11 is 0. The van der Waals surface area contributed by atoms with Gasteiger partial charge in [-0.3, -0.25) is 29.4 Å². The first-order valence-electron chi connectivity index (χ1n) is 7.67. The third-order valence-electron chi connectivity index (χ3n) is 3.70. The van der Waals surface area contributed by atoms with E-state index in [1.807, 2.05) is 5.32 Å². The average molecular weight is 345 g/mol. The monoisotopic (exact) mass is 345 g/mol. The van der Waals surface area contributed by atoms with Crippen LogP contribution in [0.2, 0.25) is 0 Å². The molecule has 1 aromatic rings. The SMILES string of the molecule is O=C(COC(=O)CN1C(=O)c2ccccc2C1=O)NC(=O)NC1CC1. The molecule has 5 amide bonds. The topological polar surface area (TPSA) is 122 Å². The molecule has 1 aliphatic carbocycles. The summed E-state index contributed by atoms with van der Waals surface area (Å²) in [7, 11) is 0. The van der Waals surface area contributed by atoms with Crippen LogP contribution in [0.4, 0.5) is 4.79 Å². The zero-order valence-corrected chi connectivity index (χ0v) is 13.1. The van der Waals surface area contributed by atoms with Gasteiger partial charge in [-0.1, -0.05) is 12.1 Å². The number of fused-ring (bicyclic) bond motifs is 1. The Morgan fingerprint density at radius 1 is 1.08 bits per heavy atom. The molecule has 0 saturated heterocycles. The van der Waals surface area contributed by atoms with E-state index in [9.17, 15) is 24.0 Å². The Balaban J connectivity index is 1.46. The van der Waals surface area contributed by atoms with Gasteiger partial charge >= 0.3 is 12.0 Å². The van der Waals surface area contributed by atoms with Gasteiger partial charge in [-0.25, -0.2) is 4.79 Å². The standard InChI is InChI=1S/C16H15N3O6/c20-12(18-16(24)17-9-5-6-9)8-25-13(21)7-19-14(22)10-3-1-2-4-11(10)15(19)23/h1-4,9H,5-8H2,(H2,17,18,20,24). The number of rotatable bonds is 5. The van der Waals surface area contributed by atoms with Gasteiger partial charge < -0.3 is 10.1 Å². The molecular formula is C16H15N3O6. The summed E-state index contributed by atoms with van der Waals surface area (Å²) in [6.07, 6.45) is 1.74. The fourth-order valence-electron chi connectivity index (χ4n) is 2.32. The van der Waals surface area contributed by atoms with Crippen molar-refractivity contribution in [3.8, 4) is 0 Å². The molecule has 0 bridgehead atoms. The van der Waals surface area contributed by atoms with Crippen LogP contribution >= 0.6 is 0 Å². The average Bonchev–Trinajstić information content (AvgIpc) is 3.36. The summed E-state index contributed by atoms with van der Waals surface area (Å²) < 4.78 is 4.71. The molecule has 0 aromatic heterocycles. The van der Waals surface area contributed by atoms with Crippen molar-refractivity contribution in [3.63, 3.8) is 0 Å². The summed E-state index contributed by atoms with van der Waals surface area (Å²) in [6.45, 7) is -1.28. The third-order valence-corrected chi connectivity index (χ3v) is 3.70. The number of carbonyl (C=O) groups excluding carboxylic acids is 5. The van der Waals surface area contributed by atoms with Crippen LogP contribution in [0.25, 0.3) is 0 Å². The zero-order valence-electron chi connectivity index (χ0n) is 13.1. The minimum absolute atomic E-state index is 0.0872. The van der Waals surface area contributed by atoms with Gasteiger partial charge in [0.15, 0.2) is 6.61 Å². The summed E-state index contributed by atoms with van der Waals surface area (Å²) in [5, 5.41) is 4.56. The van der Waals surface area contributed by atoms with Gasteiger partial charge in [0.2, 0.25) is 0 Å². The van der Waals surface area contributed by atoms with Crippen LogP contribution in [0.5, 0.6) is 0 Å². The number of urea groups is 1. The first-order valence-corrected chi connectivity index (χ1v) is 7.67. The molecule has 9 heteroatoms. The first-order chi connectivity index (χ1) is 12.0. The van der Waals surface area contributed by atoms with Crippen LogP contribution in [-0.2, 0) is 14.3 Å². The van der Waals surface area contributed by atoms with Crippen LogP contribution in [0.3, 0.4) is 0 Å². The molecule has 0 radical (unpaired) electrons. The number of hydrogen-bond acceptors (Lipinski definition) is 6. The van der Waals surface area contributed by atoms with E-state index in [2.05, 4.69) is 5.32 Å². The lowest BCUT2D eigenvalue weighted by Crippen LogP contribution is -2.43. The molecule has 0 spiro atoms. The third kappa shape index (κ3) is 3.82. The van der Waals surface area contributed by atoms with Gasteiger partial charge in [0, 0.05) is 6.04 Å². The molecular weight excluding hydrogens is 330 g/mol. The Kier molecular flexibility index (Phi) is 4.46. The maximum absolute atomic E-state index is 12.1. The molecule has 1 aromatic carbocycles. The molecule has 25 heavy (non-hydrogen) atoms. The number of imide groups is 2. The lowest BCUT2D eigenvalue weighted by molar-refractivity contribution is -0.148. The Hall–Kier alpha value is -3.23. The van der Waals surface area contributed by atoms with Gasteiger partial charge in [-0.2, -0.15) is 0 Å². The number of amides is 5. The number of nitrogens with one attached hydrogen (secondary N) is 2. The van der Waals surface area contributed by atoms with E-state index in [4.69, 9.17) is 4.74 Å². The molecule has 3 rings (SSSR count). The predicted molar refractivity (Wildman–Crippen MR) is 82.5 cm³/mol. The van der Waals surface area contributed by atoms with Gasteiger partial charge in [-0.15, -0.1) is 0 Å². The summed E-state index contributed by atoms with van der Waals surface area (Å²) in [5.41, 5.74) is 0.435. The maximum Gasteiger partial charge on any atom is 0.326 e. The van der Waals surface area contributed by atoms with Crippen LogP contribution < -0.4 is 10.6 Å². The van der Waals surface area contributed by atoms with Gasteiger partial charge in [0.1, 0.15) is 6.54 Å². The fraction of sp³-hybridized carbons (Fsp3) is 0.312. The second kappa shape index (κ2) is 6.71. The Morgan fingerprint density at radius 2 is 1.68 bits per heavy atom. The molecule has 2 aliphatic rings. The van der Waals surface area contributed by atoms with Crippen LogP contribution in [0.1, 0.15) is 33.6 Å². The minimum atomic E-state index is -0.924. The summed E-state index contributed by atoms with van der Waals surface area (Å²) in [6, 6.07) is 5.65. The van der Waals surface area contributed by atoms with E-state index in [0.717, 1.165) is 17.7 Å². The number of benzene rings is 1. The lowest BCUT2D eigenvalue weighted by atomic mass is 10.1. The van der Waals surface area contributed by atoms with Crippen molar-refractivity contribution < 1.29 is 28.7 Å². The minimum Gasteiger partial charge on any atom is -0.454 e. The second-order valence-electron chi connectivity index (χ2n) is 5.70. The van der Waals surface area contributed by atoms with E-state index in [1.54, 1.807) is 12.1 Å². The smallest absolute Gasteiger partial charge is 0.326 e. The number of esters is 1. The van der Waals surface area contributed by atoms with Gasteiger partial charge in [0.25, 0.3) is 17.7 Å². The molecule has 0 unspecified atom stereocenters.